The Hall–Kier alpha value is -0.700. The van der Waals surface area contributed by atoms with Gasteiger partial charge in [0, 0.05) is 14.1 Å². The molecule has 0 N–H and O–H groups in total. The van der Waals surface area contributed by atoms with E-state index in [2.05, 4.69) is 19.2 Å². The van der Waals surface area contributed by atoms with E-state index in [4.69, 9.17) is 0 Å². The predicted molar refractivity (Wildman–Crippen MR) is 56.0 cm³/mol. The van der Waals surface area contributed by atoms with Gasteiger partial charge in [-0.2, -0.15) is 0 Å². The Balaban J connectivity index is 3.13. The smallest absolute Gasteiger partial charge is 0.223 e. The number of nitrogens with zero attached hydrogens (tertiary/aromatic N) is 2. The second kappa shape index (κ2) is 2.98. The Bertz CT molecular complexity index is 294. The second-order valence-electron chi connectivity index (χ2n) is 3.31. The van der Waals surface area contributed by atoms with Crippen molar-refractivity contribution in [2.45, 2.75) is 0 Å². The van der Waals surface area contributed by atoms with Crippen LogP contribution in [0.15, 0.2) is 22.8 Å². The SMILES string of the molecule is C=C1C(N(C)C)=C(S)C1=[N+](C)C. The number of rotatable bonds is 1. The fraction of sp³-hybridized carbons (Fsp3) is 0.444. The Morgan fingerprint density at radius 1 is 1.33 bits per heavy atom. The minimum atomic E-state index is 1.04. The van der Waals surface area contributed by atoms with E-state index in [0.717, 1.165) is 21.9 Å². The molecular weight excluding hydrogens is 168 g/mol. The lowest BCUT2D eigenvalue weighted by Gasteiger charge is -2.28. The van der Waals surface area contributed by atoms with Crippen LogP contribution in [0.1, 0.15) is 0 Å². The first kappa shape index (κ1) is 9.39. The molecule has 1 aliphatic carbocycles. The van der Waals surface area contributed by atoms with E-state index >= 15 is 0 Å². The number of hydrogen-bond acceptors (Lipinski definition) is 2. The highest BCUT2D eigenvalue weighted by Crippen LogP contribution is 2.33. The summed E-state index contributed by atoms with van der Waals surface area (Å²) >= 11 is 4.41. The average molecular weight is 183 g/mol. The van der Waals surface area contributed by atoms with Gasteiger partial charge in [-0.3, -0.25) is 0 Å². The van der Waals surface area contributed by atoms with Gasteiger partial charge in [0.05, 0.1) is 11.3 Å². The molecule has 2 nitrogen and oxygen atoms in total. The van der Waals surface area contributed by atoms with Gasteiger partial charge in [0.2, 0.25) is 5.71 Å². The van der Waals surface area contributed by atoms with Crippen molar-refractivity contribution in [1.29, 1.82) is 0 Å². The molecule has 0 aliphatic heterocycles. The third-order valence-electron chi connectivity index (χ3n) is 1.91. The lowest BCUT2D eigenvalue weighted by Crippen LogP contribution is -2.33. The molecule has 0 radical (unpaired) electrons. The average Bonchev–Trinajstić information content (AvgIpc) is 1.84. The zero-order chi connectivity index (χ0) is 9.46. The van der Waals surface area contributed by atoms with Crippen molar-refractivity contribution >= 4 is 18.3 Å². The van der Waals surface area contributed by atoms with Crippen LogP contribution < -0.4 is 0 Å². The van der Waals surface area contributed by atoms with E-state index < -0.39 is 0 Å². The summed E-state index contributed by atoms with van der Waals surface area (Å²) in [5.41, 5.74) is 3.36. The third-order valence-corrected chi connectivity index (χ3v) is 2.34. The van der Waals surface area contributed by atoms with E-state index in [-0.39, 0.29) is 0 Å². The maximum absolute atomic E-state index is 4.41. The fourth-order valence-corrected chi connectivity index (χ4v) is 2.08. The fourth-order valence-electron chi connectivity index (χ4n) is 1.41. The summed E-state index contributed by atoms with van der Waals surface area (Å²) in [6, 6.07) is 0. The highest BCUT2D eigenvalue weighted by atomic mass is 32.1. The zero-order valence-electron chi connectivity index (χ0n) is 8.05. The van der Waals surface area contributed by atoms with Gasteiger partial charge in [-0.05, 0) is 0 Å². The summed E-state index contributed by atoms with van der Waals surface area (Å²) in [7, 11) is 8.01. The van der Waals surface area contributed by atoms with Crippen LogP contribution in [0.25, 0.3) is 0 Å². The van der Waals surface area contributed by atoms with Crippen LogP contribution in [0.4, 0.5) is 0 Å². The molecule has 0 amide bonds. The molecule has 0 fully saturated rings. The molecule has 0 aromatic rings. The van der Waals surface area contributed by atoms with Crippen molar-refractivity contribution in [3.8, 4) is 0 Å². The Kier molecular flexibility index (Phi) is 2.33. The van der Waals surface area contributed by atoms with Gasteiger partial charge in [-0.15, -0.1) is 12.6 Å². The first-order chi connectivity index (χ1) is 5.46. The van der Waals surface area contributed by atoms with E-state index in [1.807, 2.05) is 37.7 Å². The summed E-state index contributed by atoms with van der Waals surface area (Å²) < 4.78 is 2.04. The van der Waals surface area contributed by atoms with Gasteiger partial charge in [-0.25, -0.2) is 4.58 Å². The number of hydrogen-bond donors (Lipinski definition) is 1. The van der Waals surface area contributed by atoms with Crippen LogP contribution in [0.2, 0.25) is 0 Å². The van der Waals surface area contributed by atoms with E-state index in [1.54, 1.807) is 0 Å². The zero-order valence-corrected chi connectivity index (χ0v) is 8.94. The monoisotopic (exact) mass is 183 g/mol. The molecule has 0 saturated heterocycles. The number of allylic oxidation sites excluding steroid dienone is 2. The van der Waals surface area contributed by atoms with Crippen molar-refractivity contribution in [2.24, 2.45) is 0 Å². The molecule has 0 spiro atoms. The summed E-state index contributed by atoms with van der Waals surface area (Å²) in [5, 5.41) is 0. The van der Waals surface area contributed by atoms with Gasteiger partial charge in [0.15, 0.2) is 0 Å². The van der Waals surface area contributed by atoms with Crippen molar-refractivity contribution in [3.63, 3.8) is 0 Å². The molecule has 0 aromatic heterocycles. The summed E-state index contributed by atoms with van der Waals surface area (Å²) in [6.07, 6.45) is 0. The molecule has 0 bridgehead atoms. The van der Waals surface area contributed by atoms with Crippen molar-refractivity contribution in [3.05, 3.63) is 22.8 Å². The Morgan fingerprint density at radius 2 is 1.83 bits per heavy atom. The number of thiol groups is 1. The van der Waals surface area contributed by atoms with Crippen LogP contribution in [0.5, 0.6) is 0 Å². The van der Waals surface area contributed by atoms with Gasteiger partial charge in [0.25, 0.3) is 0 Å². The maximum atomic E-state index is 4.41. The first-order valence-corrected chi connectivity index (χ1v) is 4.26. The largest absolute Gasteiger partial charge is 0.376 e. The topological polar surface area (TPSA) is 6.25 Å². The molecule has 0 saturated carbocycles. The molecule has 66 valence electrons. The van der Waals surface area contributed by atoms with E-state index in [1.165, 1.54) is 0 Å². The van der Waals surface area contributed by atoms with E-state index in [9.17, 15) is 0 Å². The lowest BCUT2D eigenvalue weighted by molar-refractivity contribution is -0.463. The molecule has 3 heteroatoms. The van der Waals surface area contributed by atoms with E-state index in [0.29, 0.717) is 0 Å². The first-order valence-electron chi connectivity index (χ1n) is 3.81. The van der Waals surface area contributed by atoms with Crippen LogP contribution >= 0.6 is 12.6 Å². The molecule has 0 unspecified atom stereocenters. The Morgan fingerprint density at radius 3 is 2.08 bits per heavy atom. The summed E-state index contributed by atoms with van der Waals surface area (Å²) in [5.74, 6) is 0. The number of likely N-dealkylation sites (N-methyl/N-ethyl adjacent to an activating group) is 1. The molecule has 1 aliphatic rings. The molecule has 0 atom stereocenters. The molecular formula is C9H15N2S+. The minimum absolute atomic E-state index is 1.04. The molecule has 0 aromatic carbocycles. The summed E-state index contributed by atoms with van der Waals surface area (Å²) in [4.78, 5) is 3.08. The molecule has 0 heterocycles. The highest BCUT2D eigenvalue weighted by Gasteiger charge is 2.34. The predicted octanol–water partition coefficient (Wildman–Crippen LogP) is 0.972. The van der Waals surface area contributed by atoms with Crippen molar-refractivity contribution in [2.75, 3.05) is 28.2 Å². The van der Waals surface area contributed by atoms with Gasteiger partial charge in [-0.1, -0.05) is 6.58 Å². The normalized spacial score (nSPS) is 16.4. The standard InChI is InChI=1S/C9H14N2S/c1-6-7(10(2)3)9(12)8(6)11(4)5/h1H2,2-5H3/p+1. The molecule has 12 heavy (non-hydrogen) atoms. The lowest BCUT2D eigenvalue weighted by atomic mass is 9.95. The molecule has 1 rings (SSSR count). The van der Waals surface area contributed by atoms with Gasteiger partial charge in [0.1, 0.15) is 19.0 Å². The minimum Gasteiger partial charge on any atom is -0.376 e. The van der Waals surface area contributed by atoms with Crippen LogP contribution in [0.3, 0.4) is 0 Å². The van der Waals surface area contributed by atoms with Crippen molar-refractivity contribution in [1.82, 2.24) is 4.90 Å². The quantitative estimate of drug-likeness (QED) is 0.469. The maximum Gasteiger partial charge on any atom is 0.223 e. The Labute approximate surface area is 79.3 Å². The van der Waals surface area contributed by atoms with Gasteiger partial charge >= 0.3 is 0 Å². The second-order valence-corrected chi connectivity index (χ2v) is 3.76. The van der Waals surface area contributed by atoms with Gasteiger partial charge < -0.3 is 4.90 Å². The van der Waals surface area contributed by atoms with Crippen LogP contribution in [-0.4, -0.2) is 43.4 Å². The van der Waals surface area contributed by atoms with Crippen molar-refractivity contribution < 1.29 is 4.58 Å². The van der Waals surface area contributed by atoms with Crippen LogP contribution in [-0.2, 0) is 0 Å². The summed E-state index contributed by atoms with van der Waals surface area (Å²) in [6.45, 7) is 3.99. The highest BCUT2D eigenvalue weighted by molar-refractivity contribution is 7.86. The van der Waals surface area contributed by atoms with Crippen LogP contribution in [0, 0.1) is 0 Å². The third kappa shape index (κ3) is 1.18.